The van der Waals surface area contributed by atoms with E-state index in [0.29, 0.717) is 13.1 Å². The molecule has 0 aliphatic rings. The highest BCUT2D eigenvalue weighted by Crippen LogP contribution is 2.04. The Morgan fingerprint density at radius 1 is 0.682 bits per heavy atom. The van der Waals surface area contributed by atoms with Gasteiger partial charge >= 0.3 is 12.2 Å². The fraction of sp³-hybridized carbons (Fsp3) is 0.857. The maximum absolute atomic E-state index is 11.0. The van der Waals surface area contributed by atoms with Crippen molar-refractivity contribution in [1.29, 1.82) is 0 Å². The number of hydrogen-bond donors (Lipinski definition) is 4. The molecule has 0 aromatic heterocycles. The number of aliphatic hydroxyl groups is 2. The summed E-state index contributed by atoms with van der Waals surface area (Å²) in [5.41, 5.74) is 0. The van der Waals surface area contributed by atoms with Crippen LogP contribution in [0.4, 0.5) is 9.59 Å². The van der Waals surface area contributed by atoms with Gasteiger partial charge in [0.25, 0.3) is 0 Å². The zero-order valence-electron chi connectivity index (χ0n) is 13.0. The van der Waals surface area contributed by atoms with E-state index >= 15 is 0 Å². The van der Waals surface area contributed by atoms with Gasteiger partial charge in [-0.05, 0) is 12.8 Å². The zero-order chi connectivity index (χ0) is 16.5. The van der Waals surface area contributed by atoms with Gasteiger partial charge in [0.05, 0.1) is 13.2 Å². The SMILES string of the molecule is O=C(NCCCCCCCCNC(=O)OCCO)OCCO. The third-order valence-electron chi connectivity index (χ3n) is 2.79. The van der Waals surface area contributed by atoms with Crippen molar-refractivity contribution in [3.05, 3.63) is 0 Å². The van der Waals surface area contributed by atoms with Crippen LogP contribution in [0.15, 0.2) is 0 Å². The molecule has 0 rings (SSSR count). The average Bonchev–Trinajstić information content (AvgIpc) is 2.52. The highest BCUT2D eigenvalue weighted by molar-refractivity contribution is 5.67. The van der Waals surface area contributed by atoms with Gasteiger partial charge in [-0.1, -0.05) is 25.7 Å². The number of unbranched alkanes of at least 4 members (excludes halogenated alkanes) is 5. The Bertz CT molecular complexity index is 261. The summed E-state index contributed by atoms with van der Waals surface area (Å²) < 4.78 is 9.30. The second-order valence-electron chi connectivity index (χ2n) is 4.69. The van der Waals surface area contributed by atoms with Crippen molar-refractivity contribution >= 4 is 12.2 Å². The molecule has 0 aromatic rings. The monoisotopic (exact) mass is 320 g/mol. The number of amides is 2. The van der Waals surface area contributed by atoms with Crippen molar-refractivity contribution in [1.82, 2.24) is 10.6 Å². The Balaban J connectivity index is 3.17. The summed E-state index contributed by atoms with van der Waals surface area (Å²) in [7, 11) is 0. The molecule has 0 aliphatic heterocycles. The van der Waals surface area contributed by atoms with Crippen molar-refractivity contribution in [2.45, 2.75) is 38.5 Å². The molecule has 4 N–H and O–H groups in total. The number of carbonyl (C=O) groups is 2. The fourth-order valence-corrected chi connectivity index (χ4v) is 1.72. The number of hydrogen-bond acceptors (Lipinski definition) is 6. The smallest absolute Gasteiger partial charge is 0.407 e. The topological polar surface area (TPSA) is 117 Å². The highest BCUT2D eigenvalue weighted by atomic mass is 16.6. The van der Waals surface area contributed by atoms with Gasteiger partial charge < -0.3 is 30.3 Å². The standard InChI is InChI=1S/C14H28N2O6/c17-9-11-21-13(19)15-7-5-3-1-2-4-6-8-16-14(20)22-12-10-18/h17-18H,1-12H2,(H,15,19)(H,16,20). The normalized spacial score (nSPS) is 10.1. The second-order valence-corrected chi connectivity index (χ2v) is 4.69. The van der Waals surface area contributed by atoms with Crippen LogP contribution >= 0.6 is 0 Å². The lowest BCUT2D eigenvalue weighted by Gasteiger charge is -2.06. The third-order valence-corrected chi connectivity index (χ3v) is 2.79. The molecule has 2 amide bonds. The predicted octanol–water partition coefficient (Wildman–Crippen LogP) is 0.764. The molecule has 22 heavy (non-hydrogen) atoms. The van der Waals surface area contributed by atoms with Crippen molar-refractivity contribution in [3.8, 4) is 0 Å². The maximum Gasteiger partial charge on any atom is 0.407 e. The van der Waals surface area contributed by atoms with E-state index in [0.717, 1.165) is 38.5 Å². The van der Waals surface area contributed by atoms with Crippen molar-refractivity contribution in [2.24, 2.45) is 0 Å². The van der Waals surface area contributed by atoms with Crippen LogP contribution in [0.2, 0.25) is 0 Å². The number of alkyl carbamates (subject to hydrolysis) is 2. The predicted molar refractivity (Wildman–Crippen MR) is 80.6 cm³/mol. The molecule has 0 atom stereocenters. The fourth-order valence-electron chi connectivity index (χ4n) is 1.72. The van der Waals surface area contributed by atoms with E-state index in [1.165, 1.54) is 0 Å². The Morgan fingerprint density at radius 2 is 1.05 bits per heavy atom. The zero-order valence-corrected chi connectivity index (χ0v) is 13.0. The quantitative estimate of drug-likeness (QED) is 0.372. The summed E-state index contributed by atoms with van der Waals surface area (Å²) in [6.07, 6.45) is 4.98. The van der Waals surface area contributed by atoms with Crippen LogP contribution in [-0.2, 0) is 9.47 Å². The minimum Gasteiger partial charge on any atom is -0.447 e. The number of ether oxygens (including phenoxy) is 2. The lowest BCUT2D eigenvalue weighted by molar-refractivity contribution is 0.118. The molecule has 0 fully saturated rings. The average molecular weight is 320 g/mol. The van der Waals surface area contributed by atoms with Crippen LogP contribution in [0.1, 0.15) is 38.5 Å². The third kappa shape index (κ3) is 14.9. The number of aliphatic hydroxyl groups excluding tert-OH is 2. The van der Waals surface area contributed by atoms with Crippen molar-refractivity contribution in [2.75, 3.05) is 39.5 Å². The molecule has 0 saturated carbocycles. The van der Waals surface area contributed by atoms with Gasteiger partial charge in [0, 0.05) is 13.1 Å². The van der Waals surface area contributed by atoms with Gasteiger partial charge in [-0.25, -0.2) is 9.59 Å². The molecule has 8 nitrogen and oxygen atoms in total. The first-order valence-corrected chi connectivity index (χ1v) is 7.73. The summed E-state index contributed by atoms with van der Waals surface area (Å²) in [5.74, 6) is 0. The molecule has 130 valence electrons. The van der Waals surface area contributed by atoms with E-state index in [4.69, 9.17) is 10.2 Å². The van der Waals surface area contributed by atoms with E-state index in [1.54, 1.807) is 0 Å². The van der Waals surface area contributed by atoms with E-state index in [2.05, 4.69) is 20.1 Å². The first-order valence-electron chi connectivity index (χ1n) is 7.73. The lowest BCUT2D eigenvalue weighted by Crippen LogP contribution is -2.26. The number of nitrogens with one attached hydrogen (secondary N) is 2. The summed E-state index contributed by atoms with van der Waals surface area (Å²) in [6.45, 7) is 0.856. The molecule has 0 aromatic carbocycles. The number of rotatable bonds is 13. The van der Waals surface area contributed by atoms with Crippen LogP contribution in [0, 0.1) is 0 Å². The summed E-state index contributed by atoms with van der Waals surface area (Å²) in [6, 6.07) is 0. The van der Waals surface area contributed by atoms with Gasteiger partial charge in [0.1, 0.15) is 13.2 Å². The Kier molecular flexibility index (Phi) is 14.7. The van der Waals surface area contributed by atoms with E-state index in [1.807, 2.05) is 0 Å². The molecule has 0 saturated heterocycles. The molecule has 0 unspecified atom stereocenters. The Morgan fingerprint density at radius 3 is 1.41 bits per heavy atom. The van der Waals surface area contributed by atoms with E-state index < -0.39 is 12.2 Å². The van der Waals surface area contributed by atoms with Crippen LogP contribution in [0.5, 0.6) is 0 Å². The molecule has 0 aliphatic carbocycles. The van der Waals surface area contributed by atoms with Gasteiger partial charge in [0.2, 0.25) is 0 Å². The minimum atomic E-state index is -0.492. The molecular formula is C14H28N2O6. The molecule has 8 heteroatoms. The van der Waals surface area contributed by atoms with Gasteiger partial charge in [-0.2, -0.15) is 0 Å². The summed E-state index contributed by atoms with van der Waals surface area (Å²) >= 11 is 0. The van der Waals surface area contributed by atoms with Gasteiger partial charge in [0.15, 0.2) is 0 Å². The molecule has 0 bridgehead atoms. The Hall–Kier alpha value is -1.54. The van der Waals surface area contributed by atoms with E-state index in [-0.39, 0.29) is 26.4 Å². The van der Waals surface area contributed by atoms with E-state index in [9.17, 15) is 9.59 Å². The Labute approximate surface area is 131 Å². The van der Waals surface area contributed by atoms with Gasteiger partial charge in [-0.15, -0.1) is 0 Å². The summed E-state index contributed by atoms with van der Waals surface area (Å²) in [5, 5.41) is 22.2. The summed E-state index contributed by atoms with van der Waals surface area (Å²) in [4.78, 5) is 22.1. The molecule has 0 heterocycles. The highest BCUT2D eigenvalue weighted by Gasteiger charge is 2.00. The lowest BCUT2D eigenvalue weighted by atomic mass is 10.1. The van der Waals surface area contributed by atoms with Crippen LogP contribution in [-0.4, -0.2) is 61.9 Å². The van der Waals surface area contributed by atoms with Crippen molar-refractivity contribution in [3.63, 3.8) is 0 Å². The molecule has 0 spiro atoms. The van der Waals surface area contributed by atoms with Crippen LogP contribution < -0.4 is 10.6 Å². The minimum absolute atomic E-state index is 0.0212. The number of carbonyl (C=O) groups excluding carboxylic acids is 2. The molecular weight excluding hydrogens is 292 g/mol. The van der Waals surface area contributed by atoms with Crippen LogP contribution in [0.25, 0.3) is 0 Å². The van der Waals surface area contributed by atoms with Crippen LogP contribution in [0.3, 0.4) is 0 Å². The largest absolute Gasteiger partial charge is 0.447 e. The second kappa shape index (κ2) is 15.8. The maximum atomic E-state index is 11.0. The first kappa shape index (κ1) is 20.5. The molecule has 0 radical (unpaired) electrons. The van der Waals surface area contributed by atoms with Gasteiger partial charge in [-0.3, -0.25) is 0 Å². The first-order chi connectivity index (χ1) is 10.7. The van der Waals surface area contributed by atoms with Crippen molar-refractivity contribution < 1.29 is 29.3 Å².